The van der Waals surface area contributed by atoms with Crippen LogP contribution in [0.5, 0.6) is 0 Å². The van der Waals surface area contributed by atoms with Gasteiger partial charge in [-0.1, -0.05) is 38.5 Å². The second kappa shape index (κ2) is 10.2. The number of nitrogens with zero attached hydrogens (tertiary/aromatic N) is 2. The van der Waals surface area contributed by atoms with E-state index in [0.29, 0.717) is 5.56 Å². The maximum absolute atomic E-state index is 12.3. The number of cyclic esters (lactones) is 1. The fourth-order valence-electron chi connectivity index (χ4n) is 3.25. The largest absolute Gasteiger partial charge is 0.459 e. The molecule has 0 radical (unpaired) electrons. The van der Waals surface area contributed by atoms with Crippen molar-refractivity contribution in [2.75, 3.05) is 13.2 Å². The van der Waals surface area contributed by atoms with Gasteiger partial charge in [0.1, 0.15) is 6.61 Å². The molecule has 0 spiro atoms. The molecule has 30 heavy (non-hydrogen) atoms. The topological polar surface area (TPSA) is 77.4 Å². The Kier molecular flexibility index (Phi) is 8.15. The standard InChI is InChI=1S/C21H28N2O5.C2H6/c1-20(2)12-8-9-13-23(20)28-16(17-22-21(3,4)19(25)27-17)14-26-18(24)15-10-6-5-7-11-15;1-2/h5-7,10-11,16H,8-9,12-14H2,1-4H3;1-2H3. The summed E-state index contributed by atoms with van der Waals surface area (Å²) in [5, 5.41) is 1.89. The molecule has 7 nitrogen and oxygen atoms in total. The van der Waals surface area contributed by atoms with Crippen molar-refractivity contribution >= 4 is 17.8 Å². The fraction of sp³-hybridized carbons (Fsp3) is 0.609. The van der Waals surface area contributed by atoms with Gasteiger partial charge in [-0.25, -0.2) is 14.6 Å². The van der Waals surface area contributed by atoms with Crippen LogP contribution in [0.4, 0.5) is 0 Å². The number of carbonyl (C=O) groups excluding carboxylic acids is 2. The molecule has 2 heterocycles. The minimum atomic E-state index is -0.974. The predicted octanol–water partition coefficient (Wildman–Crippen LogP) is 4.17. The molecule has 0 aliphatic carbocycles. The highest BCUT2D eigenvalue weighted by Gasteiger charge is 2.42. The molecule has 1 fully saturated rings. The lowest BCUT2D eigenvalue weighted by molar-refractivity contribution is -0.248. The highest BCUT2D eigenvalue weighted by Crippen LogP contribution is 2.29. The number of ether oxygens (including phenoxy) is 2. The zero-order valence-electron chi connectivity index (χ0n) is 18.9. The molecule has 2 aliphatic rings. The van der Waals surface area contributed by atoms with Crippen LogP contribution < -0.4 is 0 Å². The Labute approximate surface area is 179 Å². The van der Waals surface area contributed by atoms with Crippen LogP contribution in [0.25, 0.3) is 0 Å². The molecule has 0 aromatic heterocycles. The molecular formula is C23H34N2O5. The minimum absolute atomic E-state index is 0.0947. The first kappa shape index (κ1) is 24.0. The normalized spacial score (nSPS) is 21.0. The number of piperidine rings is 1. The molecule has 166 valence electrons. The number of rotatable bonds is 6. The van der Waals surface area contributed by atoms with Gasteiger partial charge in [0.2, 0.25) is 5.90 Å². The summed E-state index contributed by atoms with van der Waals surface area (Å²) < 4.78 is 10.8. The highest BCUT2D eigenvalue weighted by atomic mass is 16.7. The summed E-state index contributed by atoms with van der Waals surface area (Å²) in [5.74, 6) is -0.753. The van der Waals surface area contributed by atoms with Gasteiger partial charge in [0.05, 0.1) is 5.56 Å². The van der Waals surface area contributed by atoms with E-state index in [1.165, 1.54) is 0 Å². The molecule has 2 aliphatic heterocycles. The predicted molar refractivity (Wildman–Crippen MR) is 115 cm³/mol. The Morgan fingerprint density at radius 2 is 1.83 bits per heavy atom. The van der Waals surface area contributed by atoms with Crippen molar-refractivity contribution in [3.05, 3.63) is 35.9 Å². The average Bonchev–Trinajstić information content (AvgIpc) is 3.00. The van der Waals surface area contributed by atoms with E-state index in [4.69, 9.17) is 14.3 Å². The Morgan fingerprint density at radius 1 is 1.17 bits per heavy atom. The van der Waals surface area contributed by atoms with E-state index in [-0.39, 0.29) is 18.0 Å². The molecule has 7 heteroatoms. The van der Waals surface area contributed by atoms with E-state index in [9.17, 15) is 9.59 Å². The van der Waals surface area contributed by atoms with Gasteiger partial charge in [-0.2, -0.15) is 5.06 Å². The van der Waals surface area contributed by atoms with Crippen LogP contribution in [0.2, 0.25) is 0 Å². The lowest BCUT2D eigenvalue weighted by Crippen LogP contribution is -2.51. The summed E-state index contributed by atoms with van der Waals surface area (Å²) in [4.78, 5) is 34.9. The average molecular weight is 419 g/mol. The van der Waals surface area contributed by atoms with Crippen molar-refractivity contribution in [2.24, 2.45) is 4.99 Å². The van der Waals surface area contributed by atoms with Crippen LogP contribution in [0.1, 0.15) is 71.2 Å². The third-order valence-corrected chi connectivity index (χ3v) is 5.07. The zero-order chi connectivity index (χ0) is 22.4. The molecule has 1 saturated heterocycles. The fourth-order valence-corrected chi connectivity index (χ4v) is 3.25. The molecule has 1 unspecified atom stereocenters. The summed E-state index contributed by atoms with van der Waals surface area (Å²) in [6.45, 7) is 12.2. The molecule has 1 aromatic carbocycles. The summed E-state index contributed by atoms with van der Waals surface area (Å²) in [6.07, 6.45) is 2.35. The van der Waals surface area contributed by atoms with Gasteiger partial charge in [0.15, 0.2) is 11.6 Å². The van der Waals surface area contributed by atoms with Crippen LogP contribution in [0.3, 0.4) is 0 Å². The monoisotopic (exact) mass is 418 g/mol. The minimum Gasteiger partial charge on any atom is -0.459 e. The van der Waals surface area contributed by atoms with Gasteiger partial charge in [-0.3, -0.25) is 4.84 Å². The van der Waals surface area contributed by atoms with Gasteiger partial charge >= 0.3 is 11.9 Å². The van der Waals surface area contributed by atoms with Crippen LogP contribution >= 0.6 is 0 Å². The van der Waals surface area contributed by atoms with Gasteiger partial charge in [-0.15, -0.1) is 0 Å². The number of esters is 2. The Bertz CT molecular complexity index is 758. The Morgan fingerprint density at radius 3 is 2.40 bits per heavy atom. The molecular weight excluding hydrogens is 384 g/mol. The van der Waals surface area contributed by atoms with Crippen molar-refractivity contribution in [1.29, 1.82) is 0 Å². The summed E-state index contributed by atoms with van der Waals surface area (Å²) in [5.41, 5.74) is -0.693. The zero-order valence-corrected chi connectivity index (χ0v) is 18.9. The number of benzene rings is 1. The third-order valence-electron chi connectivity index (χ3n) is 5.07. The lowest BCUT2D eigenvalue weighted by Gasteiger charge is -2.42. The molecule has 0 saturated carbocycles. The third kappa shape index (κ3) is 5.89. The van der Waals surface area contributed by atoms with E-state index in [0.717, 1.165) is 25.8 Å². The second-order valence-electron chi connectivity index (χ2n) is 8.33. The van der Waals surface area contributed by atoms with Crippen LogP contribution in [-0.2, 0) is 19.1 Å². The van der Waals surface area contributed by atoms with Crippen molar-refractivity contribution < 1.29 is 23.9 Å². The first-order valence-corrected chi connectivity index (χ1v) is 10.7. The molecule has 1 aromatic rings. The molecule has 0 N–H and O–H groups in total. The van der Waals surface area contributed by atoms with Gasteiger partial charge in [0.25, 0.3) is 0 Å². The van der Waals surface area contributed by atoms with Crippen LogP contribution in [-0.4, -0.2) is 53.2 Å². The molecule has 1 atom stereocenters. The van der Waals surface area contributed by atoms with Crippen molar-refractivity contribution in [3.8, 4) is 0 Å². The number of hydroxylamine groups is 2. The summed E-state index contributed by atoms with van der Waals surface area (Å²) in [6, 6.07) is 8.73. The van der Waals surface area contributed by atoms with E-state index in [1.807, 2.05) is 25.0 Å². The second-order valence-corrected chi connectivity index (χ2v) is 8.33. The van der Waals surface area contributed by atoms with Gasteiger partial charge in [0, 0.05) is 12.1 Å². The smallest absolute Gasteiger partial charge is 0.340 e. The first-order valence-electron chi connectivity index (χ1n) is 10.7. The molecule has 0 bridgehead atoms. The van der Waals surface area contributed by atoms with Crippen LogP contribution in [0.15, 0.2) is 35.3 Å². The van der Waals surface area contributed by atoms with E-state index in [2.05, 4.69) is 18.8 Å². The molecule has 3 rings (SSSR count). The number of carbonyl (C=O) groups is 2. The summed E-state index contributed by atoms with van der Waals surface area (Å²) >= 11 is 0. The van der Waals surface area contributed by atoms with E-state index in [1.54, 1.807) is 38.1 Å². The maximum atomic E-state index is 12.3. The maximum Gasteiger partial charge on any atom is 0.340 e. The Hall–Kier alpha value is -2.25. The van der Waals surface area contributed by atoms with Crippen molar-refractivity contribution in [2.45, 2.75) is 78.0 Å². The van der Waals surface area contributed by atoms with Gasteiger partial charge < -0.3 is 9.47 Å². The number of hydrogen-bond donors (Lipinski definition) is 0. The van der Waals surface area contributed by atoms with Crippen molar-refractivity contribution in [3.63, 3.8) is 0 Å². The quantitative estimate of drug-likeness (QED) is 0.646. The van der Waals surface area contributed by atoms with Crippen LogP contribution in [0, 0.1) is 0 Å². The van der Waals surface area contributed by atoms with E-state index >= 15 is 0 Å². The first-order chi connectivity index (χ1) is 14.2. The summed E-state index contributed by atoms with van der Waals surface area (Å²) in [7, 11) is 0. The van der Waals surface area contributed by atoms with E-state index < -0.39 is 23.6 Å². The SMILES string of the molecule is CC.CC1(C)N=C(C(COC(=O)c2ccccc2)ON2CCCCC2(C)C)OC1=O. The highest BCUT2D eigenvalue weighted by molar-refractivity contribution is 6.01. The molecule has 0 amide bonds. The number of aliphatic imine (C=N–C) groups is 1. The Balaban J connectivity index is 0.00000155. The number of hydrogen-bond acceptors (Lipinski definition) is 7. The van der Waals surface area contributed by atoms with Crippen molar-refractivity contribution in [1.82, 2.24) is 5.06 Å². The lowest BCUT2D eigenvalue weighted by atomic mass is 9.93. The van der Waals surface area contributed by atoms with Gasteiger partial charge in [-0.05, 0) is 52.7 Å².